The Morgan fingerprint density at radius 1 is 1.53 bits per heavy atom. The SMILES string of the molecule is NC(=O)c1ccc[n+](CC2CC[C@@H](CO)O2)c1. The van der Waals surface area contributed by atoms with Gasteiger partial charge in [0.25, 0.3) is 5.91 Å². The molecule has 3 N–H and O–H groups in total. The molecule has 1 unspecified atom stereocenters. The summed E-state index contributed by atoms with van der Waals surface area (Å²) in [6.07, 6.45) is 5.47. The van der Waals surface area contributed by atoms with Crippen LogP contribution >= 0.6 is 0 Å². The normalized spacial score (nSPS) is 23.8. The van der Waals surface area contributed by atoms with E-state index in [9.17, 15) is 4.79 Å². The van der Waals surface area contributed by atoms with Gasteiger partial charge in [-0.1, -0.05) is 0 Å². The molecule has 1 fully saturated rings. The van der Waals surface area contributed by atoms with Crippen molar-refractivity contribution in [2.24, 2.45) is 5.73 Å². The first-order valence-electron chi connectivity index (χ1n) is 5.74. The van der Waals surface area contributed by atoms with E-state index in [1.165, 1.54) is 0 Å². The van der Waals surface area contributed by atoms with E-state index in [0.717, 1.165) is 12.8 Å². The molecule has 0 spiro atoms. The number of nitrogens with two attached hydrogens (primary N) is 1. The van der Waals surface area contributed by atoms with Crippen molar-refractivity contribution in [1.29, 1.82) is 0 Å². The second-order valence-corrected chi connectivity index (χ2v) is 4.29. The van der Waals surface area contributed by atoms with Crippen LogP contribution in [0.1, 0.15) is 23.2 Å². The molecule has 0 aromatic carbocycles. The van der Waals surface area contributed by atoms with Gasteiger partial charge in [0.05, 0.1) is 12.7 Å². The Kier molecular flexibility index (Phi) is 3.71. The first kappa shape index (κ1) is 12.0. The van der Waals surface area contributed by atoms with Crippen LogP contribution in [0.25, 0.3) is 0 Å². The second-order valence-electron chi connectivity index (χ2n) is 4.29. The molecule has 0 saturated carbocycles. The summed E-state index contributed by atoms with van der Waals surface area (Å²) in [6, 6.07) is 3.48. The molecule has 1 amide bonds. The molecule has 1 saturated heterocycles. The Bertz CT molecular complexity index is 408. The summed E-state index contributed by atoms with van der Waals surface area (Å²) in [5, 5.41) is 8.97. The molecule has 17 heavy (non-hydrogen) atoms. The van der Waals surface area contributed by atoms with Crippen LogP contribution in [0.3, 0.4) is 0 Å². The Morgan fingerprint density at radius 2 is 2.29 bits per heavy atom. The van der Waals surface area contributed by atoms with Crippen LogP contribution in [0.4, 0.5) is 0 Å². The number of nitrogens with zero attached hydrogens (tertiary/aromatic N) is 1. The van der Waals surface area contributed by atoms with Gasteiger partial charge in [-0.2, -0.15) is 0 Å². The molecule has 0 aliphatic carbocycles. The van der Waals surface area contributed by atoms with Crippen molar-refractivity contribution in [1.82, 2.24) is 0 Å². The molecule has 1 aromatic rings. The maximum atomic E-state index is 11.0. The average molecular weight is 237 g/mol. The highest BCUT2D eigenvalue weighted by atomic mass is 16.5. The Hall–Kier alpha value is -1.46. The van der Waals surface area contributed by atoms with Gasteiger partial charge in [-0.3, -0.25) is 4.79 Å². The lowest BCUT2D eigenvalue weighted by Gasteiger charge is -2.09. The second kappa shape index (κ2) is 5.25. The molecule has 1 aliphatic heterocycles. The fourth-order valence-corrected chi connectivity index (χ4v) is 2.07. The smallest absolute Gasteiger partial charge is 0.254 e. The Labute approximate surface area is 99.8 Å². The predicted molar refractivity (Wildman–Crippen MR) is 60.1 cm³/mol. The number of carbonyl (C=O) groups is 1. The van der Waals surface area contributed by atoms with Gasteiger partial charge in [0.2, 0.25) is 0 Å². The van der Waals surface area contributed by atoms with Gasteiger partial charge >= 0.3 is 0 Å². The van der Waals surface area contributed by atoms with Crippen LogP contribution < -0.4 is 10.3 Å². The van der Waals surface area contributed by atoms with E-state index in [1.807, 2.05) is 10.8 Å². The van der Waals surface area contributed by atoms with Gasteiger partial charge in [-0.05, 0) is 18.9 Å². The molecule has 0 radical (unpaired) electrons. The maximum absolute atomic E-state index is 11.0. The van der Waals surface area contributed by atoms with Crippen LogP contribution in [0.5, 0.6) is 0 Å². The molecule has 92 valence electrons. The third-order valence-corrected chi connectivity index (χ3v) is 2.96. The van der Waals surface area contributed by atoms with Gasteiger partial charge < -0.3 is 15.6 Å². The summed E-state index contributed by atoms with van der Waals surface area (Å²) in [5.74, 6) is -0.431. The highest BCUT2D eigenvalue weighted by Gasteiger charge is 2.27. The number of rotatable bonds is 4. The number of aromatic nitrogens is 1. The molecule has 5 heteroatoms. The first-order valence-corrected chi connectivity index (χ1v) is 5.74. The van der Waals surface area contributed by atoms with E-state index < -0.39 is 5.91 Å². The zero-order chi connectivity index (χ0) is 12.3. The summed E-state index contributed by atoms with van der Waals surface area (Å²) in [5.41, 5.74) is 5.71. The van der Waals surface area contributed by atoms with Crippen molar-refractivity contribution >= 4 is 5.91 Å². The number of aliphatic hydroxyl groups excluding tert-OH is 1. The number of amides is 1. The van der Waals surface area contributed by atoms with E-state index in [4.69, 9.17) is 15.6 Å². The molecule has 1 aliphatic rings. The quantitative estimate of drug-likeness (QED) is 0.700. The minimum absolute atomic E-state index is 0.0417. The number of hydrogen-bond donors (Lipinski definition) is 2. The molecule has 2 atom stereocenters. The predicted octanol–water partition coefficient (Wildman–Crippen LogP) is -0.387. The summed E-state index contributed by atoms with van der Waals surface area (Å²) in [7, 11) is 0. The summed E-state index contributed by atoms with van der Waals surface area (Å²) < 4.78 is 7.52. The van der Waals surface area contributed by atoms with Gasteiger partial charge in [0.1, 0.15) is 11.7 Å². The molecule has 2 heterocycles. The minimum atomic E-state index is -0.431. The molecular weight excluding hydrogens is 220 g/mol. The molecule has 0 bridgehead atoms. The highest BCUT2D eigenvalue weighted by molar-refractivity contribution is 5.92. The van der Waals surface area contributed by atoms with Crippen molar-refractivity contribution in [2.75, 3.05) is 6.61 Å². The van der Waals surface area contributed by atoms with Gasteiger partial charge in [-0.25, -0.2) is 4.57 Å². The van der Waals surface area contributed by atoms with Gasteiger partial charge in [0, 0.05) is 6.07 Å². The first-order chi connectivity index (χ1) is 8.19. The van der Waals surface area contributed by atoms with Crippen molar-refractivity contribution in [3.05, 3.63) is 30.1 Å². The fraction of sp³-hybridized carbons (Fsp3) is 0.500. The lowest BCUT2D eigenvalue weighted by atomic mass is 10.2. The third-order valence-electron chi connectivity index (χ3n) is 2.96. The molecular formula is C12H17N2O3+. The van der Waals surface area contributed by atoms with E-state index in [-0.39, 0.29) is 18.8 Å². The molecule has 1 aromatic heterocycles. The lowest BCUT2D eigenvalue weighted by molar-refractivity contribution is -0.703. The van der Waals surface area contributed by atoms with Crippen molar-refractivity contribution in [2.45, 2.75) is 31.6 Å². The molecule has 2 rings (SSSR count). The number of carbonyl (C=O) groups excluding carboxylic acids is 1. The number of hydrogen-bond acceptors (Lipinski definition) is 3. The Morgan fingerprint density at radius 3 is 2.94 bits per heavy atom. The van der Waals surface area contributed by atoms with E-state index >= 15 is 0 Å². The van der Waals surface area contributed by atoms with E-state index in [0.29, 0.717) is 12.1 Å². The van der Waals surface area contributed by atoms with E-state index in [1.54, 1.807) is 18.3 Å². The number of ether oxygens (including phenoxy) is 1. The van der Waals surface area contributed by atoms with Crippen LogP contribution in [0.2, 0.25) is 0 Å². The zero-order valence-electron chi connectivity index (χ0n) is 9.58. The fourth-order valence-electron chi connectivity index (χ4n) is 2.07. The number of primary amides is 1. The van der Waals surface area contributed by atoms with Crippen LogP contribution in [-0.2, 0) is 11.3 Å². The number of pyridine rings is 1. The van der Waals surface area contributed by atoms with Crippen molar-refractivity contribution in [3.63, 3.8) is 0 Å². The zero-order valence-corrected chi connectivity index (χ0v) is 9.58. The third kappa shape index (κ3) is 3.01. The van der Waals surface area contributed by atoms with Crippen LogP contribution in [0, 0.1) is 0 Å². The molecule has 5 nitrogen and oxygen atoms in total. The minimum Gasteiger partial charge on any atom is -0.394 e. The van der Waals surface area contributed by atoms with E-state index in [2.05, 4.69) is 0 Å². The van der Waals surface area contributed by atoms with Crippen LogP contribution in [0.15, 0.2) is 24.5 Å². The van der Waals surface area contributed by atoms with Gasteiger partial charge in [0.15, 0.2) is 18.9 Å². The number of aliphatic hydroxyl groups is 1. The average Bonchev–Trinajstić information content (AvgIpc) is 2.77. The van der Waals surface area contributed by atoms with Crippen molar-refractivity contribution < 1.29 is 19.2 Å². The van der Waals surface area contributed by atoms with Gasteiger partial charge in [-0.15, -0.1) is 0 Å². The Balaban J connectivity index is 1.99. The largest absolute Gasteiger partial charge is 0.394 e. The summed E-state index contributed by atoms with van der Waals surface area (Å²) >= 11 is 0. The lowest BCUT2D eigenvalue weighted by Crippen LogP contribution is -2.40. The summed E-state index contributed by atoms with van der Waals surface area (Å²) in [6.45, 7) is 0.750. The van der Waals surface area contributed by atoms with Crippen molar-refractivity contribution in [3.8, 4) is 0 Å². The summed E-state index contributed by atoms with van der Waals surface area (Å²) in [4.78, 5) is 11.0. The monoisotopic (exact) mass is 237 g/mol. The standard InChI is InChI=1S/C12H16N2O3/c13-12(16)9-2-1-5-14(6-9)7-10-3-4-11(8-15)17-10/h1-2,5-6,10-11,15H,3-4,7-8H2,(H-,13,16)/p+1/t10?,11-/m0/s1. The van der Waals surface area contributed by atoms with Crippen LogP contribution in [-0.4, -0.2) is 29.8 Å². The highest BCUT2D eigenvalue weighted by Crippen LogP contribution is 2.19. The topological polar surface area (TPSA) is 76.4 Å². The maximum Gasteiger partial charge on any atom is 0.254 e.